The molecule has 0 bridgehead atoms. The predicted octanol–water partition coefficient (Wildman–Crippen LogP) is 3.61. The second kappa shape index (κ2) is 4.34. The van der Waals surface area contributed by atoms with E-state index in [9.17, 15) is 14.6 Å². The lowest BCUT2D eigenvalue weighted by Gasteiger charge is -2.59. The van der Waals surface area contributed by atoms with E-state index < -0.39 is 28.5 Å². The Labute approximate surface area is 135 Å². The predicted molar refractivity (Wildman–Crippen MR) is 83.9 cm³/mol. The SMILES string of the molecule is C[C@]12CC[C@]3(F)[C@@H](CC=C4C=CC=C[C@@]43C)[C@@H]1CC(F)C2(O)O. The minimum Gasteiger partial charge on any atom is -0.363 e. The number of allylic oxidation sites excluding steroid dienone is 6. The van der Waals surface area contributed by atoms with Gasteiger partial charge in [-0.15, -0.1) is 0 Å². The molecular formula is C19H24F2O2. The highest BCUT2D eigenvalue weighted by molar-refractivity contribution is 5.44. The van der Waals surface area contributed by atoms with Gasteiger partial charge in [-0.2, -0.15) is 0 Å². The van der Waals surface area contributed by atoms with E-state index in [-0.39, 0.29) is 24.7 Å². The smallest absolute Gasteiger partial charge is 0.200 e. The summed E-state index contributed by atoms with van der Waals surface area (Å²) in [5, 5.41) is 20.6. The number of alkyl halides is 2. The fourth-order valence-electron chi connectivity index (χ4n) is 5.79. The van der Waals surface area contributed by atoms with E-state index in [4.69, 9.17) is 0 Å². The minimum atomic E-state index is -2.35. The molecule has 0 aromatic carbocycles. The summed E-state index contributed by atoms with van der Waals surface area (Å²) in [7, 11) is 0. The second-order valence-corrected chi connectivity index (χ2v) is 8.24. The van der Waals surface area contributed by atoms with Crippen molar-refractivity contribution in [2.45, 2.75) is 57.2 Å². The fourth-order valence-corrected chi connectivity index (χ4v) is 5.79. The van der Waals surface area contributed by atoms with Gasteiger partial charge in [-0.05, 0) is 44.1 Å². The highest BCUT2D eigenvalue weighted by atomic mass is 19.1. The molecule has 4 aliphatic carbocycles. The molecule has 0 aromatic rings. The van der Waals surface area contributed by atoms with Crippen LogP contribution in [0.4, 0.5) is 8.78 Å². The molecule has 0 aromatic heterocycles. The van der Waals surface area contributed by atoms with Gasteiger partial charge in [-0.3, -0.25) is 0 Å². The van der Waals surface area contributed by atoms with Crippen molar-refractivity contribution in [1.29, 1.82) is 0 Å². The first-order chi connectivity index (χ1) is 10.7. The van der Waals surface area contributed by atoms with Crippen LogP contribution >= 0.6 is 0 Å². The van der Waals surface area contributed by atoms with E-state index in [1.165, 1.54) is 0 Å². The van der Waals surface area contributed by atoms with E-state index >= 15 is 4.39 Å². The molecule has 2 fully saturated rings. The van der Waals surface area contributed by atoms with Gasteiger partial charge in [-0.1, -0.05) is 37.3 Å². The zero-order valence-corrected chi connectivity index (χ0v) is 13.6. The number of halogens is 2. The first-order valence-corrected chi connectivity index (χ1v) is 8.51. The Bertz CT molecular complexity index is 637. The summed E-state index contributed by atoms with van der Waals surface area (Å²) >= 11 is 0. The van der Waals surface area contributed by atoms with Gasteiger partial charge in [0.25, 0.3) is 0 Å². The van der Waals surface area contributed by atoms with Crippen LogP contribution in [0.2, 0.25) is 0 Å². The highest BCUT2D eigenvalue weighted by Gasteiger charge is 2.71. The second-order valence-electron chi connectivity index (χ2n) is 8.24. The van der Waals surface area contributed by atoms with Gasteiger partial charge in [0.1, 0.15) is 5.67 Å². The van der Waals surface area contributed by atoms with Crippen LogP contribution < -0.4 is 0 Å². The third kappa shape index (κ3) is 1.59. The van der Waals surface area contributed by atoms with Crippen molar-refractivity contribution < 1.29 is 19.0 Å². The number of aliphatic hydroxyl groups is 2. The molecule has 6 atom stereocenters. The largest absolute Gasteiger partial charge is 0.363 e. The van der Waals surface area contributed by atoms with Gasteiger partial charge in [0.15, 0.2) is 6.17 Å². The van der Waals surface area contributed by atoms with Crippen LogP contribution in [-0.4, -0.2) is 27.8 Å². The molecule has 23 heavy (non-hydrogen) atoms. The standard InChI is InChI=1S/C19H24F2O2/c1-16-8-4-3-5-12(16)6-7-13-14-11-15(20)19(22,23)17(14,2)9-10-18(13,16)21/h3-6,8,13-15,22-23H,7,9-11H2,1-2H3/t13-,14-,15?,16-,17-,18-/m0/s1. The average Bonchev–Trinajstić information content (AvgIpc) is 2.68. The highest BCUT2D eigenvalue weighted by Crippen LogP contribution is 2.68. The summed E-state index contributed by atoms with van der Waals surface area (Å²) in [6.07, 6.45) is 9.09. The Hall–Kier alpha value is -1.00. The zero-order valence-electron chi connectivity index (χ0n) is 13.6. The first-order valence-electron chi connectivity index (χ1n) is 8.51. The summed E-state index contributed by atoms with van der Waals surface area (Å²) in [5.74, 6) is -3.10. The first kappa shape index (κ1) is 15.5. The Balaban J connectivity index is 1.82. The molecule has 0 amide bonds. The monoisotopic (exact) mass is 322 g/mol. The topological polar surface area (TPSA) is 40.5 Å². The van der Waals surface area contributed by atoms with Crippen LogP contribution in [0, 0.1) is 22.7 Å². The maximum absolute atomic E-state index is 16.3. The van der Waals surface area contributed by atoms with E-state index in [0.29, 0.717) is 12.8 Å². The fraction of sp³-hybridized carbons (Fsp3) is 0.684. The van der Waals surface area contributed by atoms with Crippen molar-refractivity contribution in [3.8, 4) is 0 Å². The van der Waals surface area contributed by atoms with Crippen LogP contribution in [0.5, 0.6) is 0 Å². The molecule has 2 N–H and O–H groups in total. The lowest BCUT2D eigenvalue weighted by molar-refractivity contribution is -0.273. The van der Waals surface area contributed by atoms with E-state index in [0.717, 1.165) is 5.57 Å². The zero-order chi connectivity index (χ0) is 16.7. The van der Waals surface area contributed by atoms with Gasteiger partial charge >= 0.3 is 0 Å². The Morgan fingerprint density at radius 1 is 1.13 bits per heavy atom. The molecule has 0 spiro atoms. The molecule has 0 heterocycles. The van der Waals surface area contributed by atoms with Crippen molar-refractivity contribution >= 4 is 0 Å². The summed E-state index contributed by atoms with van der Waals surface area (Å²) in [6, 6.07) is 0. The van der Waals surface area contributed by atoms with Crippen LogP contribution in [0.25, 0.3) is 0 Å². The lowest BCUT2D eigenvalue weighted by Crippen LogP contribution is -2.61. The Kier molecular flexibility index (Phi) is 2.93. The van der Waals surface area contributed by atoms with Gasteiger partial charge in [0.2, 0.25) is 5.79 Å². The molecule has 4 aliphatic rings. The maximum Gasteiger partial charge on any atom is 0.200 e. The third-order valence-corrected chi connectivity index (χ3v) is 7.51. The van der Waals surface area contributed by atoms with Gasteiger partial charge in [-0.25, -0.2) is 8.78 Å². The minimum absolute atomic E-state index is 0.0264. The quantitative estimate of drug-likeness (QED) is 0.669. The van der Waals surface area contributed by atoms with Gasteiger partial charge in [0.05, 0.1) is 0 Å². The van der Waals surface area contributed by atoms with Crippen LogP contribution in [0.1, 0.15) is 39.5 Å². The molecule has 1 unspecified atom stereocenters. The van der Waals surface area contributed by atoms with Crippen LogP contribution in [0.15, 0.2) is 36.0 Å². The Morgan fingerprint density at radius 2 is 1.87 bits per heavy atom. The lowest BCUT2D eigenvalue weighted by atomic mass is 9.47. The van der Waals surface area contributed by atoms with Crippen LogP contribution in [0.3, 0.4) is 0 Å². The number of hydrogen-bond acceptors (Lipinski definition) is 2. The van der Waals surface area contributed by atoms with Crippen molar-refractivity contribution in [2.75, 3.05) is 0 Å². The molecule has 4 heteroatoms. The van der Waals surface area contributed by atoms with E-state index in [1.807, 2.05) is 31.2 Å². The molecule has 4 rings (SSSR count). The summed E-state index contributed by atoms with van der Waals surface area (Å²) in [4.78, 5) is 0. The number of hydrogen-bond donors (Lipinski definition) is 2. The van der Waals surface area contributed by atoms with Crippen LogP contribution in [-0.2, 0) is 0 Å². The van der Waals surface area contributed by atoms with Gasteiger partial charge in [0, 0.05) is 16.7 Å². The molecule has 0 aliphatic heterocycles. The van der Waals surface area contributed by atoms with Crippen molar-refractivity contribution in [3.63, 3.8) is 0 Å². The molecule has 0 radical (unpaired) electrons. The summed E-state index contributed by atoms with van der Waals surface area (Å²) in [6.45, 7) is 3.63. The normalized spacial score (nSPS) is 53.3. The summed E-state index contributed by atoms with van der Waals surface area (Å²) < 4.78 is 30.6. The maximum atomic E-state index is 16.3. The van der Waals surface area contributed by atoms with E-state index in [1.54, 1.807) is 6.92 Å². The van der Waals surface area contributed by atoms with E-state index in [2.05, 4.69) is 6.08 Å². The molecule has 2 saturated carbocycles. The molecular weight excluding hydrogens is 298 g/mol. The summed E-state index contributed by atoms with van der Waals surface area (Å²) in [5.41, 5.74) is -2.18. The van der Waals surface area contributed by atoms with Gasteiger partial charge < -0.3 is 10.2 Å². The van der Waals surface area contributed by atoms with Crippen molar-refractivity contribution in [3.05, 3.63) is 36.0 Å². The molecule has 2 nitrogen and oxygen atoms in total. The molecule has 126 valence electrons. The Morgan fingerprint density at radius 3 is 2.61 bits per heavy atom. The number of rotatable bonds is 0. The molecule has 0 saturated heterocycles. The van der Waals surface area contributed by atoms with Crippen molar-refractivity contribution in [2.24, 2.45) is 22.7 Å². The average molecular weight is 322 g/mol. The van der Waals surface area contributed by atoms with Crippen molar-refractivity contribution in [1.82, 2.24) is 0 Å². The third-order valence-electron chi connectivity index (χ3n) is 7.51. The number of fused-ring (bicyclic) bond motifs is 5.